The van der Waals surface area contributed by atoms with E-state index in [1.165, 1.54) is 30.8 Å². The zero-order valence-electron chi connectivity index (χ0n) is 17.4. The average Bonchev–Trinajstić information content (AvgIpc) is 3.42. The topological polar surface area (TPSA) is 56.7 Å². The van der Waals surface area contributed by atoms with E-state index in [1.54, 1.807) is 0 Å². The summed E-state index contributed by atoms with van der Waals surface area (Å²) in [7, 11) is -0.691. The molecule has 0 aromatic carbocycles. The van der Waals surface area contributed by atoms with Crippen molar-refractivity contribution in [2.24, 2.45) is 4.99 Å². The van der Waals surface area contributed by atoms with Gasteiger partial charge in [0.1, 0.15) is 0 Å². The lowest BCUT2D eigenvalue weighted by atomic mass is 9.95. The summed E-state index contributed by atoms with van der Waals surface area (Å²) in [5.41, 5.74) is 0. The molecule has 1 saturated heterocycles. The highest BCUT2D eigenvalue weighted by Crippen LogP contribution is 2.29. The van der Waals surface area contributed by atoms with E-state index < -0.39 is 10.8 Å². The Morgan fingerprint density at radius 2 is 2.14 bits per heavy atom. The Hall–Kier alpha value is -0.920. The van der Waals surface area contributed by atoms with E-state index in [2.05, 4.69) is 40.0 Å². The van der Waals surface area contributed by atoms with Crippen molar-refractivity contribution in [2.45, 2.75) is 69.7 Å². The highest BCUT2D eigenvalue weighted by atomic mass is 32.2. The number of aliphatic imine (C=N–C) groups is 1. The van der Waals surface area contributed by atoms with Crippen LogP contribution in [0.1, 0.15) is 63.3 Å². The van der Waals surface area contributed by atoms with Crippen LogP contribution < -0.4 is 10.6 Å². The Bertz CT molecular complexity index is 628. The maximum absolute atomic E-state index is 12.3. The maximum atomic E-state index is 12.3. The van der Waals surface area contributed by atoms with Crippen LogP contribution in [0.15, 0.2) is 22.5 Å². The van der Waals surface area contributed by atoms with Crippen LogP contribution >= 0.6 is 11.3 Å². The highest BCUT2D eigenvalue weighted by Gasteiger charge is 2.27. The number of hydrogen-bond acceptors (Lipinski definition) is 4. The number of likely N-dealkylation sites (tertiary alicyclic amines) is 1. The molecular weight excluding hydrogens is 388 g/mol. The minimum Gasteiger partial charge on any atom is -0.357 e. The van der Waals surface area contributed by atoms with Crippen LogP contribution in [0.5, 0.6) is 0 Å². The van der Waals surface area contributed by atoms with Crippen molar-refractivity contribution in [3.05, 3.63) is 22.4 Å². The number of nitrogens with one attached hydrogen (secondary N) is 2. The van der Waals surface area contributed by atoms with E-state index in [4.69, 9.17) is 4.99 Å². The third kappa shape index (κ3) is 6.04. The fourth-order valence-electron chi connectivity index (χ4n) is 4.36. The van der Waals surface area contributed by atoms with E-state index in [0.29, 0.717) is 17.3 Å². The van der Waals surface area contributed by atoms with Crippen molar-refractivity contribution in [1.29, 1.82) is 0 Å². The molecule has 0 bridgehead atoms. The van der Waals surface area contributed by atoms with Gasteiger partial charge in [-0.2, -0.15) is 0 Å². The van der Waals surface area contributed by atoms with Gasteiger partial charge in [0.15, 0.2) is 5.96 Å². The molecule has 2 N–H and O–H groups in total. The monoisotopic (exact) mass is 424 g/mol. The zero-order chi connectivity index (χ0) is 19.8. The second-order valence-electron chi connectivity index (χ2n) is 7.79. The Balaban J connectivity index is 1.64. The summed E-state index contributed by atoms with van der Waals surface area (Å²) >= 11 is 1.84. The third-order valence-corrected chi connectivity index (χ3v) is 8.56. The van der Waals surface area contributed by atoms with Crippen molar-refractivity contribution in [2.75, 3.05) is 31.9 Å². The molecule has 0 radical (unpaired) electrons. The van der Waals surface area contributed by atoms with Crippen LogP contribution in [0.2, 0.25) is 0 Å². The van der Waals surface area contributed by atoms with Gasteiger partial charge in [-0.3, -0.25) is 14.1 Å². The summed E-state index contributed by atoms with van der Waals surface area (Å²) < 4.78 is 12.3. The Labute approximate surface area is 176 Å². The van der Waals surface area contributed by atoms with Gasteiger partial charge in [0.05, 0.1) is 12.6 Å². The number of guanidine groups is 1. The van der Waals surface area contributed by atoms with Crippen LogP contribution in [0.25, 0.3) is 0 Å². The molecule has 5 nitrogen and oxygen atoms in total. The van der Waals surface area contributed by atoms with Gasteiger partial charge in [0.2, 0.25) is 0 Å². The molecule has 1 aliphatic carbocycles. The maximum Gasteiger partial charge on any atom is 0.191 e. The molecule has 3 rings (SSSR count). The Morgan fingerprint density at radius 3 is 2.82 bits per heavy atom. The van der Waals surface area contributed by atoms with Gasteiger partial charge in [0.25, 0.3) is 0 Å². The molecule has 4 atom stereocenters. The molecule has 2 aliphatic rings. The molecule has 158 valence electrons. The first-order valence-electron chi connectivity index (χ1n) is 10.9. The van der Waals surface area contributed by atoms with Crippen LogP contribution in [0.3, 0.4) is 0 Å². The van der Waals surface area contributed by atoms with Gasteiger partial charge in [0, 0.05) is 39.3 Å². The SMILES string of the molecule is CCNC(=NCC(c1cccs1)N1CCCC1)NC1CCCC(S(=O)CC)C1. The lowest BCUT2D eigenvalue weighted by Gasteiger charge is -2.30. The van der Waals surface area contributed by atoms with Gasteiger partial charge in [-0.05, 0) is 63.6 Å². The molecule has 1 aliphatic heterocycles. The summed E-state index contributed by atoms with van der Waals surface area (Å²) in [6.07, 6.45) is 6.97. The first-order chi connectivity index (χ1) is 13.7. The molecule has 0 amide bonds. The van der Waals surface area contributed by atoms with Gasteiger partial charge in [-0.1, -0.05) is 19.4 Å². The van der Waals surface area contributed by atoms with Crippen molar-refractivity contribution in [3.8, 4) is 0 Å². The number of hydrogen-bond donors (Lipinski definition) is 2. The van der Waals surface area contributed by atoms with Crippen LogP contribution in [0.4, 0.5) is 0 Å². The molecule has 1 aromatic rings. The molecule has 28 heavy (non-hydrogen) atoms. The molecule has 1 saturated carbocycles. The summed E-state index contributed by atoms with van der Waals surface area (Å²) in [5, 5.41) is 9.58. The molecule has 4 unspecified atom stereocenters. The van der Waals surface area contributed by atoms with E-state index in [9.17, 15) is 4.21 Å². The van der Waals surface area contributed by atoms with Gasteiger partial charge in [-0.15, -0.1) is 11.3 Å². The minimum absolute atomic E-state index is 0.336. The van der Waals surface area contributed by atoms with Crippen molar-refractivity contribution >= 4 is 28.1 Å². The van der Waals surface area contributed by atoms with Crippen LogP contribution in [-0.4, -0.2) is 58.3 Å². The molecule has 0 spiro atoms. The predicted octanol–water partition coefficient (Wildman–Crippen LogP) is 3.52. The fourth-order valence-corrected chi connectivity index (χ4v) is 6.56. The highest BCUT2D eigenvalue weighted by molar-refractivity contribution is 7.85. The predicted molar refractivity (Wildman–Crippen MR) is 122 cm³/mol. The first-order valence-corrected chi connectivity index (χ1v) is 13.2. The van der Waals surface area contributed by atoms with Crippen molar-refractivity contribution in [1.82, 2.24) is 15.5 Å². The second kappa shape index (κ2) is 11.3. The normalized spacial score (nSPS) is 26.1. The lowest BCUT2D eigenvalue weighted by Crippen LogP contribution is -2.47. The largest absolute Gasteiger partial charge is 0.357 e. The fraction of sp³-hybridized carbons (Fsp3) is 0.762. The van der Waals surface area contributed by atoms with E-state index >= 15 is 0 Å². The summed E-state index contributed by atoms with van der Waals surface area (Å²) in [5.74, 6) is 1.68. The van der Waals surface area contributed by atoms with Crippen LogP contribution in [-0.2, 0) is 10.8 Å². The molecule has 2 heterocycles. The number of thiophene rings is 1. The third-order valence-electron chi connectivity index (χ3n) is 5.84. The van der Waals surface area contributed by atoms with Gasteiger partial charge >= 0.3 is 0 Å². The summed E-state index contributed by atoms with van der Waals surface area (Å²) in [4.78, 5) is 8.98. The standard InChI is InChI=1S/C21H36N4OS2/c1-3-22-21(24-17-9-7-10-18(15-17)28(26)4-2)23-16-19(20-11-8-14-27-20)25-12-5-6-13-25/h8,11,14,17-19H,3-7,9-10,12-13,15-16H2,1-2H3,(H2,22,23,24). The van der Waals surface area contributed by atoms with Gasteiger partial charge < -0.3 is 10.6 Å². The van der Waals surface area contributed by atoms with Crippen molar-refractivity contribution < 1.29 is 4.21 Å². The van der Waals surface area contributed by atoms with Crippen LogP contribution in [0, 0.1) is 0 Å². The molecular formula is C21H36N4OS2. The summed E-state index contributed by atoms with van der Waals surface area (Å²) in [6.45, 7) is 8.14. The first kappa shape index (κ1) is 21.8. The second-order valence-corrected chi connectivity index (χ2v) is 10.8. The lowest BCUT2D eigenvalue weighted by molar-refractivity contribution is 0.255. The smallest absolute Gasteiger partial charge is 0.191 e. The number of nitrogens with zero attached hydrogens (tertiary/aromatic N) is 2. The van der Waals surface area contributed by atoms with E-state index in [-0.39, 0.29) is 0 Å². The molecule has 7 heteroatoms. The molecule has 2 fully saturated rings. The van der Waals surface area contributed by atoms with E-state index in [1.807, 2.05) is 18.3 Å². The van der Waals surface area contributed by atoms with Crippen molar-refractivity contribution in [3.63, 3.8) is 0 Å². The Kier molecular flexibility index (Phi) is 8.80. The average molecular weight is 425 g/mol. The summed E-state index contributed by atoms with van der Waals surface area (Å²) in [6, 6.07) is 5.14. The van der Waals surface area contributed by atoms with Gasteiger partial charge in [-0.25, -0.2) is 0 Å². The molecule has 1 aromatic heterocycles. The zero-order valence-corrected chi connectivity index (χ0v) is 19.0. The Morgan fingerprint density at radius 1 is 1.32 bits per heavy atom. The van der Waals surface area contributed by atoms with E-state index in [0.717, 1.165) is 50.5 Å². The minimum atomic E-state index is -0.691. The number of rotatable bonds is 8. The quantitative estimate of drug-likeness (QED) is 0.495.